The third-order valence-corrected chi connectivity index (χ3v) is 4.40. The first-order valence-corrected chi connectivity index (χ1v) is 6.91. The number of ether oxygens (including phenoxy) is 1. The summed E-state index contributed by atoms with van der Waals surface area (Å²) in [7, 11) is 3.91. The fourth-order valence-corrected chi connectivity index (χ4v) is 3.00. The topological polar surface area (TPSA) is 21.3 Å². The average Bonchev–Trinajstić information content (AvgIpc) is 2.35. The molecule has 96 valence electrons. The lowest BCUT2D eigenvalue weighted by Gasteiger charge is -2.34. The van der Waals surface area contributed by atoms with Crippen LogP contribution in [0.25, 0.3) is 0 Å². The van der Waals surface area contributed by atoms with Crippen LogP contribution in [0.1, 0.15) is 52.4 Å². The second-order valence-electron chi connectivity index (χ2n) is 5.37. The van der Waals surface area contributed by atoms with Gasteiger partial charge in [0.25, 0.3) is 0 Å². The van der Waals surface area contributed by atoms with Crippen LogP contribution in [-0.4, -0.2) is 26.3 Å². The number of methoxy groups -OCH3 is 1. The van der Waals surface area contributed by atoms with Gasteiger partial charge in [-0.2, -0.15) is 0 Å². The summed E-state index contributed by atoms with van der Waals surface area (Å²) in [4.78, 5) is 0. The van der Waals surface area contributed by atoms with Crippen molar-refractivity contribution in [2.24, 2.45) is 11.8 Å². The molecule has 1 aliphatic rings. The normalized spacial score (nSPS) is 30.0. The fourth-order valence-electron chi connectivity index (χ4n) is 3.00. The summed E-state index contributed by atoms with van der Waals surface area (Å²) in [6, 6.07) is 0.646. The molecule has 1 aliphatic carbocycles. The van der Waals surface area contributed by atoms with E-state index in [0.717, 1.165) is 18.3 Å². The Balaban J connectivity index is 2.36. The molecule has 0 heterocycles. The van der Waals surface area contributed by atoms with E-state index < -0.39 is 0 Å². The van der Waals surface area contributed by atoms with Crippen LogP contribution >= 0.6 is 0 Å². The minimum Gasteiger partial charge on any atom is -0.382 e. The molecule has 16 heavy (non-hydrogen) atoms. The van der Waals surface area contributed by atoms with Crippen molar-refractivity contribution >= 4 is 0 Å². The van der Waals surface area contributed by atoms with Crippen LogP contribution in [-0.2, 0) is 4.74 Å². The number of hydrogen-bond acceptors (Lipinski definition) is 2. The van der Waals surface area contributed by atoms with Gasteiger partial charge in [0, 0.05) is 13.2 Å². The van der Waals surface area contributed by atoms with Crippen LogP contribution in [0.5, 0.6) is 0 Å². The molecule has 2 nitrogen and oxygen atoms in total. The maximum absolute atomic E-state index is 5.38. The zero-order chi connectivity index (χ0) is 12.0. The molecule has 1 saturated carbocycles. The number of hydrogen-bond donors (Lipinski definition) is 1. The Kier molecular flexibility index (Phi) is 6.37. The van der Waals surface area contributed by atoms with Gasteiger partial charge in [-0.15, -0.1) is 0 Å². The lowest BCUT2D eigenvalue weighted by molar-refractivity contribution is 0.0859. The van der Waals surface area contributed by atoms with E-state index in [0.29, 0.717) is 12.1 Å². The van der Waals surface area contributed by atoms with Crippen molar-refractivity contribution in [2.75, 3.05) is 14.2 Å². The van der Waals surface area contributed by atoms with Crippen LogP contribution in [0.4, 0.5) is 0 Å². The number of rotatable bonds is 6. The van der Waals surface area contributed by atoms with E-state index in [4.69, 9.17) is 4.74 Å². The van der Waals surface area contributed by atoms with Crippen molar-refractivity contribution in [3.63, 3.8) is 0 Å². The van der Waals surface area contributed by atoms with E-state index in [1.807, 2.05) is 7.11 Å². The van der Waals surface area contributed by atoms with Crippen molar-refractivity contribution in [3.8, 4) is 0 Å². The van der Waals surface area contributed by atoms with Gasteiger partial charge in [-0.3, -0.25) is 0 Å². The first-order chi connectivity index (χ1) is 7.71. The van der Waals surface area contributed by atoms with Gasteiger partial charge in [-0.25, -0.2) is 0 Å². The molecule has 0 spiro atoms. The Bertz CT molecular complexity index is 176. The highest BCUT2D eigenvalue weighted by Gasteiger charge is 2.26. The largest absolute Gasteiger partial charge is 0.382 e. The van der Waals surface area contributed by atoms with Gasteiger partial charge in [0.2, 0.25) is 0 Å². The van der Waals surface area contributed by atoms with E-state index in [1.54, 1.807) is 0 Å². The van der Waals surface area contributed by atoms with Gasteiger partial charge in [-0.1, -0.05) is 26.2 Å². The van der Waals surface area contributed by atoms with E-state index in [9.17, 15) is 0 Å². The van der Waals surface area contributed by atoms with Crippen molar-refractivity contribution in [1.29, 1.82) is 0 Å². The lowest BCUT2D eigenvalue weighted by Crippen LogP contribution is -2.38. The molecule has 1 rings (SSSR count). The summed E-state index contributed by atoms with van der Waals surface area (Å²) in [6.45, 7) is 4.50. The van der Waals surface area contributed by atoms with Crippen LogP contribution in [0.3, 0.4) is 0 Å². The van der Waals surface area contributed by atoms with Crippen molar-refractivity contribution in [3.05, 3.63) is 0 Å². The molecular formula is C14H29NO. The number of nitrogens with one attached hydrogen (secondary N) is 1. The lowest BCUT2D eigenvalue weighted by atomic mass is 9.76. The Morgan fingerprint density at radius 2 is 1.88 bits per heavy atom. The van der Waals surface area contributed by atoms with E-state index >= 15 is 0 Å². The first-order valence-electron chi connectivity index (χ1n) is 6.91. The Hall–Kier alpha value is -0.0800. The molecule has 2 atom stereocenters. The standard InChI is InChI=1S/C14H29NO/c1-5-12-6-8-13(9-7-12)14(15-3)10-11(2)16-4/h11-15H,5-10H2,1-4H3. The monoisotopic (exact) mass is 227 g/mol. The average molecular weight is 227 g/mol. The SMILES string of the molecule is CCC1CCC(C(CC(C)OC)NC)CC1. The summed E-state index contributed by atoms with van der Waals surface area (Å²) in [5.41, 5.74) is 0. The smallest absolute Gasteiger partial charge is 0.0558 e. The third kappa shape index (κ3) is 4.06. The van der Waals surface area contributed by atoms with Gasteiger partial charge >= 0.3 is 0 Å². The molecule has 0 aromatic carbocycles. The van der Waals surface area contributed by atoms with Gasteiger partial charge in [0.05, 0.1) is 6.10 Å². The summed E-state index contributed by atoms with van der Waals surface area (Å²) >= 11 is 0. The highest BCUT2D eigenvalue weighted by molar-refractivity contribution is 4.82. The van der Waals surface area contributed by atoms with Crippen LogP contribution < -0.4 is 5.32 Å². The predicted octanol–water partition coefficient (Wildman–Crippen LogP) is 3.22. The zero-order valence-corrected chi connectivity index (χ0v) is 11.5. The molecule has 0 bridgehead atoms. The Labute approximate surface area is 101 Å². The van der Waals surface area contributed by atoms with Gasteiger partial charge < -0.3 is 10.1 Å². The molecule has 0 radical (unpaired) electrons. The van der Waals surface area contributed by atoms with Crippen molar-refractivity contribution in [2.45, 2.75) is 64.5 Å². The summed E-state index contributed by atoms with van der Waals surface area (Å²) in [5, 5.41) is 3.49. The molecule has 2 unspecified atom stereocenters. The first kappa shape index (κ1) is 14.0. The molecule has 0 aliphatic heterocycles. The van der Waals surface area contributed by atoms with Gasteiger partial charge in [-0.05, 0) is 45.1 Å². The molecule has 0 aromatic heterocycles. The molecule has 1 fully saturated rings. The quantitative estimate of drug-likeness (QED) is 0.752. The highest BCUT2D eigenvalue weighted by atomic mass is 16.5. The van der Waals surface area contributed by atoms with Gasteiger partial charge in [0.1, 0.15) is 0 Å². The molecule has 0 saturated heterocycles. The molecular weight excluding hydrogens is 198 g/mol. The van der Waals surface area contributed by atoms with Crippen LogP contribution in [0.2, 0.25) is 0 Å². The molecule has 2 heteroatoms. The van der Waals surface area contributed by atoms with Gasteiger partial charge in [0.15, 0.2) is 0 Å². The van der Waals surface area contributed by atoms with Crippen molar-refractivity contribution < 1.29 is 4.74 Å². The maximum atomic E-state index is 5.38. The van der Waals surface area contributed by atoms with E-state index in [1.165, 1.54) is 32.1 Å². The second kappa shape index (κ2) is 7.29. The summed E-state index contributed by atoms with van der Waals surface area (Å²) in [5.74, 6) is 1.86. The zero-order valence-electron chi connectivity index (χ0n) is 11.5. The Morgan fingerprint density at radius 1 is 1.25 bits per heavy atom. The van der Waals surface area contributed by atoms with Crippen LogP contribution in [0.15, 0.2) is 0 Å². The van der Waals surface area contributed by atoms with E-state index in [2.05, 4.69) is 26.2 Å². The van der Waals surface area contributed by atoms with E-state index in [-0.39, 0.29) is 0 Å². The maximum Gasteiger partial charge on any atom is 0.0558 e. The minimum atomic E-state index is 0.376. The summed E-state index contributed by atoms with van der Waals surface area (Å²) < 4.78 is 5.38. The highest BCUT2D eigenvalue weighted by Crippen LogP contribution is 2.33. The molecule has 1 N–H and O–H groups in total. The second-order valence-corrected chi connectivity index (χ2v) is 5.37. The predicted molar refractivity (Wildman–Crippen MR) is 69.7 cm³/mol. The molecule has 0 amide bonds. The van der Waals surface area contributed by atoms with Crippen molar-refractivity contribution in [1.82, 2.24) is 5.32 Å². The Morgan fingerprint density at radius 3 is 2.31 bits per heavy atom. The fraction of sp³-hybridized carbons (Fsp3) is 1.00. The minimum absolute atomic E-state index is 0.376. The summed E-state index contributed by atoms with van der Waals surface area (Å²) in [6.07, 6.45) is 8.56. The molecule has 0 aromatic rings. The van der Waals surface area contributed by atoms with Crippen LogP contribution in [0, 0.1) is 11.8 Å². The third-order valence-electron chi connectivity index (χ3n) is 4.40.